The Morgan fingerprint density at radius 1 is 1.28 bits per heavy atom. The van der Waals surface area contributed by atoms with Gasteiger partial charge < -0.3 is 10.6 Å². The molecular weight excluding hydrogens is 220 g/mol. The highest BCUT2D eigenvalue weighted by atomic mass is 15.2. The predicted molar refractivity (Wildman–Crippen MR) is 78.5 cm³/mol. The molecule has 0 aromatic heterocycles. The minimum atomic E-state index is 0.363. The second kappa shape index (κ2) is 5.50. The molecule has 4 atom stereocenters. The number of nitrogens with two attached hydrogens (primary N) is 1. The van der Waals surface area contributed by atoms with Gasteiger partial charge in [0.25, 0.3) is 0 Å². The fourth-order valence-electron chi connectivity index (χ4n) is 4.37. The minimum Gasteiger partial charge on any atom is -0.328 e. The van der Waals surface area contributed by atoms with E-state index in [9.17, 15) is 0 Å². The van der Waals surface area contributed by atoms with Crippen LogP contribution in [0.15, 0.2) is 0 Å². The first kappa shape index (κ1) is 14.3. The molecule has 1 aliphatic carbocycles. The van der Waals surface area contributed by atoms with E-state index >= 15 is 0 Å². The Bertz CT molecular complexity index is 272. The number of hydrogen-bond donors (Lipinski definition) is 1. The maximum atomic E-state index is 6.11. The van der Waals surface area contributed by atoms with Crippen LogP contribution in [-0.4, -0.2) is 30.1 Å². The summed E-state index contributed by atoms with van der Waals surface area (Å²) in [6.07, 6.45) is 6.85. The lowest BCUT2D eigenvalue weighted by molar-refractivity contribution is 0.0360. The second-order valence-corrected chi connectivity index (χ2v) is 7.82. The van der Waals surface area contributed by atoms with Crippen LogP contribution in [0.3, 0.4) is 0 Å². The Balaban J connectivity index is 1.98. The molecule has 2 aliphatic rings. The van der Waals surface area contributed by atoms with Gasteiger partial charge in [-0.15, -0.1) is 0 Å². The van der Waals surface area contributed by atoms with E-state index in [4.69, 9.17) is 5.73 Å². The van der Waals surface area contributed by atoms with Gasteiger partial charge in [-0.3, -0.25) is 0 Å². The van der Waals surface area contributed by atoms with E-state index in [1.165, 1.54) is 45.2 Å². The van der Waals surface area contributed by atoms with Gasteiger partial charge in [-0.25, -0.2) is 0 Å². The monoisotopic (exact) mass is 252 g/mol. The smallest absolute Gasteiger partial charge is 0.0103 e. The summed E-state index contributed by atoms with van der Waals surface area (Å²) in [5.74, 6) is 1.61. The van der Waals surface area contributed by atoms with Gasteiger partial charge in [-0.1, -0.05) is 20.8 Å². The average Bonchev–Trinajstić information content (AvgIpc) is 2.26. The van der Waals surface area contributed by atoms with Crippen LogP contribution < -0.4 is 5.73 Å². The van der Waals surface area contributed by atoms with Crippen LogP contribution in [0.1, 0.15) is 59.8 Å². The molecule has 2 rings (SSSR count). The van der Waals surface area contributed by atoms with E-state index < -0.39 is 0 Å². The molecule has 2 nitrogen and oxygen atoms in total. The van der Waals surface area contributed by atoms with Gasteiger partial charge >= 0.3 is 0 Å². The molecule has 18 heavy (non-hydrogen) atoms. The summed E-state index contributed by atoms with van der Waals surface area (Å²) >= 11 is 0. The van der Waals surface area contributed by atoms with Crippen LogP contribution in [0.4, 0.5) is 0 Å². The summed E-state index contributed by atoms with van der Waals surface area (Å²) in [7, 11) is 0. The molecule has 2 N–H and O–H groups in total. The quantitative estimate of drug-likeness (QED) is 0.817. The normalized spacial score (nSPS) is 39.5. The van der Waals surface area contributed by atoms with E-state index in [1.807, 2.05) is 0 Å². The predicted octanol–water partition coefficient (Wildman–Crippen LogP) is 3.26. The third-order valence-corrected chi connectivity index (χ3v) is 5.11. The van der Waals surface area contributed by atoms with Crippen molar-refractivity contribution >= 4 is 0 Å². The summed E-state index contributed by atoms with van der Waals surface area (Å²) in [5, 5.41) is 0. The number of likely N-dealkylation sites (tertiary alicyclic amines) is 1. The molecule has 1 aliphatic heterocycles. The molecule has 0 aromatic rings. The van der Waals surface area contributed by atoms with Crippen molar-refractivity contribution in [3.8, 4) is 0 Å². The van der Waals surface area contributed by atoms with Crippen LogP contribution in [0.5, 0.6) is 0 Å². The SMILES string of the molecule is CC1CC(N2CCCC(C(C)N)C2)CC(C)(C)C1. The summed E-state index contributed by atoms with van der Waals surface area (Å²) in [4.78, 5) is 2.76. The highest BCUT2D eigenvalue weighted by molar-refractivity contribution is 4.90. The van der Waals surface area contributed by atoms with E-state index in [-0.39, 0.29) is 0 Å². The number of rotatable bonds is 2. The topological polar surface area (TPSA) is 29.3 Å². The number of nitrogens with zero attached hydrogens (tertiary/aromatic N) is 1. The molecule has 1 saturated carbocycles. The molecule has 0 amide bonds. The molecule has 0 bridgehead atoms. The van der Waals surface area contributed by atoms with Crippen molar-refractivity contribution in [3.63, 3.8) is 0 Å². The van der Waals surface area contributed by atoms with Crippen LogP contribution >= 0.6 is 0 Å². The van der Waals surface area contributed by atoms with Crippen LogP contribution in [-0.2, 0) is 0 Å². The molecule has 2 heteroatoms. The Morgan fingerprint density at radius 3 is 2.61 bits per heavy atom. The molecule has 0 spiro atoms. The van der Waals surface area contributed by atoms with Crippen molar-refractivity contribution in [2.75, 3.05) is 13.1 Å². The van der Waals surface area contributed by atoms with Crippen LogP contribution in [0.25, 0.3) is 0 Å². The molecule has 0 aromatic carbocycles. The van der Waals surface area contributed by atoms with Gasteiger partial charge in [0.1, 0.15) is 0 Å². The second-order valence-electron chi connectivity index (χ2n) is 7.82. The summed E-state index contributed by atoms with van der Waals surface area (Å²) in [5.41, 5.74) is 6.64. The largest absolute Gasteiger partial charge is 0.328 e. The number of hydrogen-bond acceptors (Lipinski definition) is 2. The van der Waals surface area contributed by atoms with Crippen molar-refractivity contribution in [2.24, 2.45) is 23.0 Å². The fourth-order valence-corrected chi connectivity index (χ4v) is 4.37. The first-order chi connectivity index (χ1) is 8.37. The van der Waals surface area contributed by atoms with Crippen molar-refractivity contribution in [2.45, 2.75) is 71.9 Å². The van der Waals surface area contributed by atoms with Gasteiger partial charge in [-0.2, -0.15) is 0 Å². The molecule has 1 heterocycles. The fraction of sp³-hybridized carbons (Fsp3) is 1.00. The summed E-state index contributed by atoms with van der Waals surface area (Å²) in [6.45, 7) is 12.1. The standard InChI is InChI=1S/C16H32N2/c1-12-8-15(10-16(3,4)9-12)18-7-5-6-14(11-18)13(2)17/h12-15H,5-11,17H2,1-4H3. The van der Waals surface area contributed by atoms with Crippen molar-refractivity contribution in [3.05, 3.63) is 0 Å². The minimum absolute atomic E-state index is 0.363. The Kier molecular flexibility index (Phi) is 4.38. The van der Waals surface area contributed by atoms with Crippen LogP contribution in [0.2, 0.25) is 0 Å². The third kappa shape index (κ3) is 3.48. The van der Waals surface area contributed by atoms with Gasteiger partial charge in [0, 0.05) is 18.6 Å². The zero-order chi connectivity index (χ0) is 13.3. The molecule has 0 radical (unpaired) electrons. The van der Waals surface area contributed by atoms with E-state index in [0.717, 1.165) is 17.9 Å². The van der Waals surface area contributed by atoms with Gasteiger partial charge in [0.15, 0.2) is 0 Å². The van der Waals surface area contributed by atoms with Gasteiger partial charge in [0.2, 0.25) is 0 Å². The van der Waals surface area contributed by atoms with Crippen molar-refractivity contribution in [1.29, 1.82) is 0 Å². The Labute approximate surface area is 113 Å². The van der Waals surface area contributed by atoms with Crippen molar-refractivity contribution in [1.82, 2.24) is 4.90 Å². The summed E-state index contributed by atoms with van der Waals surface area (Å²) < 4.78 is 0. The van der Waals surface area contributed by atoms with Gasteiger partial charge in [0.05, 0.1) is 0 Å². The number of piperidine rings is 1. The Hall–Kier alpha value is -0.0800. The zero-order valence-electron chi connectivity index (χ0n) is 12.8. The molecule has 4 unspecified atom stereocenters. The molecule has 106 valence electrons. The zero-order valence-corrected chi connectivity index (χ0v) is 12.8. The van der Waals surface area contributed by atoms with E-state index in [1.54, 1.807) is 0 Å². The lowest BCUT2D eigenvalue weighted by Gasteiger charge is -2.47. The highest BCUT2D eigenvalue weighted by Crippen LogP contribution is 2.41. The molecular formula is C16H32N2. The lowest BCUT2D eigenvalue weighted by atomic mass is 9.70. The van der Waals surface area contributed by atoms with Crippen LogP contribution in [0, 0.1) is 17.3 Å². The first-order valence-electron chi connectivity index (χ1n) is 7.87. The van der Waals surface area contributed by atoms with Gasteiger partial charge in [-0.05, 0) is 62.8 Å². The first-order valence-corrected chi connectivity index (χ1v) is 7.87. The van der Waals surface area contributed by atoms with Crippen molar-refractivity contribution < 1.29 is 0 Å². The molecule has 2 fully saturated rings. The maximum absolute atomic E-state index is 6.11. The average molecular weight is 252 g/mol. The lowest BCUT2D eigenvalue weighted by Crippen LogP contribution is -2.50. The maximum Gasteiger partial charge on any atom is 0.0103 e. The van der Waals surface area contributed by atoms with E-state index in [0.29, 0.717) is 11.5 Å². The van der Waals surface area contributed by atoms with E-state index in [2.05, 4.69) is 32.6 Å². The Morgan fingerprint density at radius 2 is 2.00 bits per heavy atom. The summed E-state index contributed by atoms with van der Waals surface area (Å²) in [6, 6.07) is 1.17. The molecule has 1 saturated heterocycles. The highest BCUT2D eigenvalue weighted by Gasteiger charge is 2.36. The third-order valence-electron chi connectivity index (χ3n) is 5.11.